The van der Waals surface area contributed by atoms with Crippen molar-refractivity contribution in [2.45, 2.75) is 208 Å². The van der Waals surface area contributed by atoms with Crippen LogP contribution in [0.2, 0.25) is 0 Å². The van der Waals surface area contributed by atoms with Gasteiger partial charge in [0.1, 0.15) is 0 Å². The summed E-state index contributed by atoms with van der Waals surface area (Å²) < 4.78 is 34.2. The maximum Gasteiger partial charge on any atom is 0.508 e. The molecule has 1 N–H and O–H groups in total. The monoisotopic (exact) mass is 803 g/mol. The Labute approximate surface area is 346 Å². The zero-order chi connectivity index (χ0) is 41.0. The van der Waals surface area contributed by atoms with Gasteiger partial charge in [-0.3, -0.25) is 0 Å². The Bertz CT molecular complexity index is 745. The predicted molar refractivity (Wildman–Crippen MR) is 232 cm³/mol. The second-order valence-corrected chi connectivity index (χ2v) is 15.8. The van der Waals surface area contributed by atoms with Gasteiger partial charge in [0.15, 0.2) is 12.6 Å². The molecule has 10 heteroatoms. The fourth-order valence-electron chi connectivity index (χ4n) is 6.74. The molecule has 0 fully saturated rings. The number of aliphatic hydroxyl groups is 1. The summed E-state index contributed by atoms with van der Waals surface area (Å²) in [4.78, 5) is 16.8. The maximum atomic E-state index is 11.9. The van der Waals surface area contributed by atoms with Crippen LogP contribution in [0.15, 0.2) is 0 Å². The van der Waals surface area contributed by atoms with Crippen molar-refractivity contribution in [3.63, 3.8) is 0 Å². The van der Waals surface area contributed by atoms with Crippen molar-refractivity contribution in [1.29, 1.82) is 0 Å². The molecule has 56 heavy (non-hydrogen) atoms. The molecule has 0 heterocycles. The van der Waals surface area contributed by atoms with Crippen LogP contribution < -0.4 is 0 Å². The van der Waals surface area contributed by atoms with Crippen LogP contribution in [-0.4, -0.2) is 119 Å². The van der Waals surface area contributed by atoms with E-state index in [-0.39, 0.29) is 19.2 Å². The fraction of sp³-hybridized carbons (Fsp3) is 0.978. The number of carbonyl (C=O) groups is 1. The van der Waals surface area contributed by atoms with Gasteiger partial charge in [-0.15, -0.1) is 0 Å². The number of rotatable bonds is 46. The molecule has 0 saturated carbocycles. The summed E-state index contributed by atoms with van der Waals surface area (Å²) >= 11 is 0. The zero-order valence-electron chi connectivity index (χ0n) is 37.7. The van der Waals surface area contributed by atoms with E-state index < -0.39 is 6.16 Å². The van der Waals surface area contributed by atoms with Crippen LogP contribution in [0.25, 0.3) is 0 Å². The predicted octanol–water partition coefficient (Wildman–Crippen LogP) is 11.3. The number of hydrogen-bond acceptors (Lipinski definition) is 10. The number of hydrogen-bond donors (Lipinski definition) is 1. The second-order valence-electron chi connectivity index (χ2n) is 15.8. The van der Waals surface area contributed by atoms with Gasteiger partial charge in [-0.25, -0.2) is 4.79 Å². The number of ether oxygens (including phenoxy) is 6. The molecule has 2 unspecified atom stereocenters. The van der Waals surface area contributed by atoms with Crippen LogP contribution >= 0.6 is 0 Å². The number of aliphatic hydroxyl groups excluding tert-OH is 1. The van der Waals surface area contributed by atoms with Gasteiger partial charge in [0.2, 0.25) is 0 Å². The van der Waals surface area contributed by atoms with Gasteiger partial charge in [-0.1, -0.05) is 117 Å². The van der Waals surface area contributed by atoms with Crippen molar-refractivity contribution in [3.05, 3.63) is 0 Å². The van der Waals surface area contributed by atoms with Gasteiger partial charge in [-0.05, 0) is 111 Å². The minimum Gasteiger partial charge on any atom is -0.434 e. The summed E-state index contributed by atoms with van der Waals surface area (Å²) in [7, 11) is 0. The van der Waals surface area contributed by atoms with Gasteiger partial charge in [-0.2, -0.15) is 0 Å². The highest BCUT2D eigenvalue weighted by molar-refractivity contribution is 5.59. The van der Waals surface area contributed by atoms with E-state index in [4.69, 9.17) is 28.4 Å². The van der Waals surface area contributed by atoms with E-state index in [1.165, 1.54) is 89.9 Å². The summed E-state index contributed by atoms with van der Waals surface area (Å²) in [6.07, 6.45) is 28.3. The average Bonchev–Trinajstić information content (AvgIpc) is 3.19. The molecule has 0 aliphatic rings. The van der Waals surface area contributed by atoms with Crippen LogP contribution in [0, 0.1) is 0 Å². The molecule has 0 bridgehead atoms. The third-order valence-corrected chi connectivity index (χ3v) is 10.3. The van der Waals surface area contributed by atoms with E-state index in [9.17, 15) is 9.90 Å². The third-order valence-electron chi connectivity index (χ3n) is 10.3. The topological polar surface area (TPSA) is 99.2 Å². The molecule has 0 aromatic rings. The third kappa shape index (κ3) is 41.2. The summed E-state index contributed by atoms with van der Waals surface area (Å²) in [6, 6.07) is 0. The van der Waals surface area contributed by atoms with Crippen molar-refractivity contribution >= 4 is 6.16 Å². The Balaban J connectivity index is 4.48. The van der Waals surface area contributed by atoms with Crippen molar-refractivity contribution < 1.29 is 38.3 Å². The van der Waals surface area contributed by atoms with E-state index >= 15 is 0 Å². The average molecular weight is 803 g/mol. The van der Waals surface area contributed by atoms with Gasteiger partial charge in [0.05, 0.1) is 19.8 Å². The van der Waals surface area contributed by atoms with Gasteiger partial charge in [0.25, 0.3) is 0 Å². The molecule has 0 radical (unpaired) electrons. The van der Waals surface area contributed by atoms with Crippen molar-refractivity contribution in [2.24, 2.45) is 0 Å². The van der Waals surface area contributed by atoms with Gasteiger partial charge >= 0.3 is 6.16 Å². The second kappa shape index (κ2) is 45.1. The smallest absolute Gasteiger partial charge is 0.434 e. The first-order valence-corrected chi connectivity index (χ1v) is 23.8. The standard InChI is InChI=1S/C46H94N2O8/c1-6-9-12-15-18-24-38-51-44(4)53-40-27-21-31-47(32-22-28-41-54-45(5)52-39-25-19-16-13-10-7-2)34-30-35-48(36-37-49)33-23-29-43-56-46(50)55-42-26-20-17-14-11-8-3/h44-45,49H,6-43H2,1-5H3. The Morgan fingerprint density at radius 3 is 1.05 bits per heavy atom. The molecule has 0 aromatic carbocycles. The summed E-state index contributed by atoms with van der Waals surface area (Å²) in [5.74, 6) is 0. The first-order valence-electron chi connectivity index (χ1n) is 23.8. The molecule has 0 spiro atoms. The van der Waals surface area contributed by atoms with E-state index in [0.717, 1.165) is 130 Å². The van der Waals surface area contributed by atoms with Crippen LogP contribution in [0.4, 0.5) is 4.79 Å². The lowest BCUT2D eigenvalue weighted by atomic mass is 10.1. The first kappa shape index (κ1) is 55.0. The lowest BCUT2D eigenvalue weighted by Gasteiger charge is -2.26. The molecular formula is C46H94N2O8. The summed E-state index contributed by atoms with van der Waals surface area (Å²) in [5, 5.41) is 9.72. The zero-order valence-corrected chi connectivity index (χ0v) is 37.7. The largest absolute Gasteiger partial charge is 0.508 e. The van der Waals surface area contributed by atoms with Crippen LogP contribution in [0.5, 0.6) is 0 Å². The molecule has 0 amide bonds. The first-order chi connectivity index (χ1) is 27.5. The van der Waals surface area contributed by atoms with Crippen molar-refractivity contribution in [3.8, 4) is 0 Å². The van der Waals surface area contributed by atoms with Crippen molar-refractivity contribution in [2.75, 3.05) is 85.5 Å². The minimum absolute atomic E-state index is 0.146. The Morgan fingerprint density at radius 1 is 0.393 bits per heavy atom. The fourth-order valence-corrected chi connectivity index (χ4v) is 6.74. The number of carbonyl (C=O) groups excluding carboxylic acids is 1. The molecule has 336 valence electrons. The molecule has 0 aromatic heterocycles. The molecule has 0 aliphatic heterocycles. The SMILES string of the molecule is CCCCCCCCOC(=O)OCCCCN(CCO)CCCN(CCCCOC(C)OCCCCCCCC)CCCCOC(C)OCCCCCCCC. The molecule has 2 atom stereocenters. The Kier molecular flexibility index (Phi) is 44.3. The minimum atomic E-state index is -0.554. The quantitative estimate of drug-likeness (QED) is 0.0364. The van der Waals surface area contributed by atoms with E-state index in [0.29, 0.717) is 19.8 Å². The highest BCUT2D eigenvalue weighted by atomic mass is 16.7. The maximum absolute atomic E-state index is 11.9. The van der Waals surface area contributed by atoms with Gasteiger partial charge < -0.3 is 43.3 Å². The highest BCUT2D eigenvalue weighted by Gasteiger charge is 2.11. The lowest BCUT2D eigenvalue weighted by molar-refractivity contribution is -0.131. The van der Waals surface area contributed by atoms with E-state index in [1.54, 1.807) is 0 Å². The molecule has 0 aliphatic carbocycles. The van der Waals surface area contributed by atoms with E-state index in [1.807, 2.05) is 13.8 Å². The molecule has 0 rings (SSSR count). The molecule has 0 saturated heterocycles. The van der Waals surface area contributed by atoms with E-state index in [2.05, 4.69) is 30.6 Å². The summed E-state index contributed by atoms with van der Waals surface area (Å²) in [6.45, 7) is 20.3. The normalized spacial score (nSPS) is 12.9. The Hall–Kier alpha value is -1.01. The lowest BCUT2D eigenvalue weighted by Crippen LogP contribution is -2.33. The number of nitrogens with zero attached hydrogens (tertiary/aromatic N) is 2. The van der Waals surface area contributed by atoms with Crippen molar-refractivity contribution in [1.82, 2.24) is 9.80 Å². The Morgan fingerprint density at radius 2 is 0.679 bits per heavy atom. The van der Waals surface area contributed by atoms with Crippen LogP contribution in [-0.2, 0) is 28.4 Å². The highest BCUT2D eigenvalue weighted by Crippen LogP contribution is 2.10. The number of unbranched alkanes of at least 4 members (excludes halogenated alkanes) is 18. The van der Waals surface area contributed by atoms with Crippen LogP contribution in [0.3, 0.4) is 0 Å². The summed E-state index contributed by atoms with van der Waals surface area (Å²) in [5.41, 5.74) is 0. The van der Waals surface area contributed by atoms with Crippen LogP contribution in [0.1, 0.15) is 195 Å². The van der Waals surface area contributed by atoms with Gasteiger partial charge in [0, 0.05) is 33.0 Å². The molecule has 10 nitrogen and oxygen atoms in total. The molecular weight excluding hydrogens is 709 g/mol.